The van der Waals surface area contributed by atoms with Crippen LogP contribution in [0.2, 0.25) is 0 Å². The summed E-state index contributed by atoms with van der Waals surface area (Å²) in [6, 6.07) is 0. The summed E-state index contributed by atoms with van der Waals surface area (Å²) in [4.78, 5) is 0. The van der Waals surface area contributed by atoms with Crippen molar-refractivity contribution in [2.45, 2.75) is 63.3 Å². The predicted octanol–water partition coefficient (Wildman–Crippen LogP) is 3.77. The maximum Gasteiger partial charge on any atom is 0.267 e. The summed E-state index contributed by atoms with van der Waals surface area (Å²) in [7, 11) is 0. The molecule has 0 bridgehead atoms. The topological polar surface area (TPSA) is 12.0 Å². The van der Waals surface area contributed by atoms with Crippen LogP contribution in [0.15, 0.2) is 0 Å². The Morgan fingerprint density at radius 3 is 2.06 bits per heavy atom. The van der Waals surface area contributed by atoms with Crippen molar-refractivity contribution in [3.63, 3.8) is 0 Å². The average Bonchev–Trinajstić information content (AvgIpc) is 2.45. The van der Waals surface area contributed by atoms with Crippen molar-refractivity contribution in [3.05, 3.63) is 0 Å². The Morgan fingerprint density at radius 2 is 1.62 bits per heavy atom. The summed E-state index contributed by atoms with van der Waals surface area (Å²) in [5.41, 5.74) is -0.933. The number of alkyl halides is 2. The van der Waals surface area contributed by atoms with Gasteiger partial charge in [-0.1, -0.05) is 25.7 Å². The van der Waals surface area contributed by atoms with Crippen molar-refractivity contribution in [3.8, 4) is 0 Å². The smallest absolute Gasteiger partial charge is 0.267 e. The Labute approximate surface area is 103 Å². The van der Waals surface area contributed by atoms with E-state index < -0.39 is 11.5 Å². The molecule has 16 heavy (non-hydrogen) atoms. The van der Waals surface area contributed by atoms with E-state index >= 15 is 0 Å². The van der Waals surface area contributed by atoms with Gasteiger partial charge >= 0.3 is 0 Å². The maximum absolute atomic E-state index is 13.8. The predicted molar refractivity (Wildman–Crippen MR) is 64.4 cm³/mol. The van der Waals surface area contributed by atoms with Crippen molar-refractivity contribution in [1.82, 2.24) is 5.32 Å². The summed E-state index contributed by atoms with van der Waals surface area (Å²) in [6.07, 6.45) is 6.64. The molecule has 1 atom stereocenters. The molecule has 1 N–H and O–H groups in total. The summed E-state index contributed by atoms with van der Waals surface area (Å²) >= 11 is 0. The molecule has 4 heteroatoms. The molecular formula is C12H22ClF2N. The van der Waals surface area contributed by atoms with Gasteiger partial charge in [0.2, 0.25) is 0 Å². The van der Waals surface area contributed by atoms with Crippen molar-refractivity contribution >= 4 is 12.4 Å². The van der Waals surface area contributed by atoms with E-state index in [9.17, 15) is 8.78 Å². The molecule has 1 aliphatic carbocycles. The third-order valence-corrected chi connectivity index (χ3v) is 4.36. The van der Waals surface area contributed by atoms with E-state index in [4.69, 9.17) is 0 Å². The fourth-order valence-electron chi connectivity index (χ4n) is 3.17. The van der Waals surface area contributed by atoms with Crippen LogP contribution in [0.1, 0.15) is 51.9 Å². The SMILES string of the molecule is CC1(C2CCCCCC2)NCCC1(F)F.Cl. The van der Waals surface area contributed by atoms with Crippen LogP contribution in [0.5, 0.6) is 0 Å². The van der Waals surface area contributed by atoms with E-state index in [0.717, 1.165) is 25.7 Å². The standard InChI is InChI=1S/C12H21F2N.ClH/c1-11(12(13,14)8-9-15-11)10-6-4-2-3-5-7-10;/h10,15H,2-9H2,1H3;1H. The number of nitrogens with one attached hydrogen (secondary N) is 1. The van der Waals surface area contributed by atoms with Crippen LogP contribution in [0.4, 0.5) is 8.78 Å². The number of rotatable bonds is 1. The largest absolute Gasteiger partial charge is 0.306 e. The molecule has 1 unspecified atom stereocenters. The molecule has 1 nitrogen and oxygen atoms in total. The second kappa shape index (κ2) is 5.18. The third kappa shape index (κ3) is 2.35. The lowest BCUT2D eigenvalue weighted by Crippen LogP contribution is -2.54. The van der Waals surface area contributed by atoms with Crippen molar-refractivity contribution < 1.29 is 8.78 Å². The lowest BCUT2D eigenvalue weighted by atomic mass is 9.77. The Bertz CT molecular complexity index is 227. The first-order chi connectivity index (χ1) is 7.06. The van der Waals surface area contributed by atoms with Crippen molar-refractivity contribution in [2.24, 2.45) is 5.92 Å². The second-order valence-corrected chi connectivity index (χ2v) is 5.27. The van der Waals surface area contributed by atoms with Gasteiger partial charge in [0.15, 0.2) is 0 Å². The molecule has 1 aliphatic heterocycles. The summed E-state index contributed by atoms with van der Waals surface area (Å²) in [5, 5.41) is 3.07. The zero-order chi connectivity index (χ0) is 10.9. The lowest BCUT2D eigenvalue weighted by molar-refractivity contribution is -0.0795. The maximum atomic E-state index is 13.8. The minimum atomic E-state index is -2.51. The molecule has 2 aliphatic rings. The Balaban J connectivity index is 0.00000128. The van der Waals surface area contributed by atoms with Crippen LogP contribution in [0.3, 0.4) is 0 Å². The van der Waals surface area contributed by atoms with Crippen LogP contribution in [0.25, 0.3) is 0 Å². The Morgan fingerprint density at radius 1 is 1.06 bits per heavy atom. The molecule has 96 valence electrons. The molecule has 1 saturated heterocycles. The highest BCUT2D eigenvalue weighted by Gasteiger charge is 2.57. The molecule has 2 fully saturated rings. The minimum Gasteiger partial charge on any atom is -0.306 e. The zero-order valence-corrected chi connectivity index (χ0v) is 10.7. The van der Waals surface area contributed by atoms with Gasteiger partial charge in [-0.3, -0.25) is 0 Å². The van der Waals surface area contributed by atoms with E-state index in [1.165, 1.54) is 12.8 Å². The second-order valence-electron chi connectivity index (χ2n) is 5.27. The fourth-order valence-corrected chi connectivity index (χ4v) is 3.17. The minimum absolute atomic E-state index is 0. The lowest BCUT2D eigenvalue weighted by Gasteiger charge is -2.38. The molecular weight excluding hydrogens is 232 g/mol. The van der Waals surface area contributed by atoms with Crippen LogP contribution in [-0.2, 0) is 0 Å². The molecule has 0 radical (unpaired) electrons. The molecule has 0 spiro atoms. The molecule has 1 heterocycles. The third-order valence-electron chi connectivity index (χ3n) is 4.36. The van der Waals surface area contributed by atoms with E-state index in [1.54, 1.807) is 6.92 Å². The highest BCUT2D eigenvalue weighted by atomic mass is 35.5. The number of hydrogen-bond acceptors (Lipinski definition) is 1. The fraction of sp³-hybridized carbons (Fsp3) is 1.00. The monoisotopic (exact) mass is 253 g/mol. The molecule has 1 saturated carbocycles. The van der Waals surface area contributed by atoms with Gasteiger partial charge in [0.05, 0.1) is 5.54 Å². The molecule has 2 rings (SSSR count). The zero-order valence-electron chi connectivity index (χ0n) is 9.90. The van der Waals surface area contributed by atoms with Gasteiger partial charge in [0.1, 0.15) is 0 Å². The summed E-state index contributed by atoms with van der Waals surface area (Å²) < 4.78 is 27.7. The molecule has 0 aromatic carbocycles. The quantitative estimate of drug-likeness (QED) is 0.702. The van der Waals surface area contributed by atoms with Gasteiger partial charge in [0, 0.05) is 13.0 Å². The Hall–Kier alpha value is 0.110. The average molecular weight is 254 g/mol. The van der Waals surface area contributed by atoms with E-state index in [1.807, 2.05) is 0 Å². The van der Waals surface area contributed by atoms with Gasteiger partial charge in [-0.05, 0) is 25.7 Å². The highest BCUT2D eigenvalue weighted by molar-refractivity contribution is 5.85. The first-order valence-corrected chi connectivity index (χ1v) is 6.19. The molecule has 0 aromatic rings. The van der Waals surface area contributed by atoms with Crippen LogP contribution in [-0.4, -0.2) is 18.0 Å². The number of hydrogen-bond donors (Lipinski definition) is 1. The first kappa shape index (κ1) is 14.2. The van der Waals surface area contributed by atoms with E-state index in [-0.39, 0.29) is 24.7 Å². The summed E-state index contributed by atoms with van der Waals surface area (Å²) in [5.74, 6) is -2.35. The van der Waals surface area contributed by atoms with Crippen molar-refractivity contribution in [1.29, 1.82) is 0 Å². The molecule has 0 aromatic heterocycles. The van der Waals surface area contributed by atoms with Gasteiger partial charge in [-0.15, -0.1) is 12.4 Å². The van der Waals surface area contributed by atoms with Crippen LogP contribution >= 0.6 is 12.4 Å². The van der Waals surface area contributed by atoms with Gasteiger partial charge < -0.3 is 5.32 Å². The number of halogens is 3. The van der Waals surface area contributed by atoms with Gasteiger partial charge in [0.25, 0.3) is 5.92 Å². The van der Waals surface area contributed by atoms with E-state index in [0.29, 0.717) is 6.54 Å². The first-order valence-electron chi connectivity index (χ1n) is 6.19. The normalized spacial score (nSPS) is 35.4. The Kier molecular flexibility index (Phi) is 4.58. The van der Waals surface area contributed by atoms with Crippen LogP contribution < -0.4 is 5.32 Å². The highest BCUT2D eigenvalue weighted by Crippen LogP contribution is 2.45. The van der Waals surface area contributed by atoms with Gasteiger partial charge in [-0.25, -0.2) is 8.78 Å². The van der Waals surface area contributed by atoms with Crippen LogP contribution in [0, 0.1) is 5.92 Å². The summed E-state index contributed by atoms with van der Waals surface area (Å²) in [6.45, 7) is 2.20. The molecule has 0 amide bonds. The van der Waals surface area contributed by atoms with Crippen molar-refractivity contribution in [2.75, 3.05) is 6.54 Å². The van der Waals surface area contributed by atoms with Gasteiger partial charge in [-0.2, -0.15) is 0 Å². The van der Waals surface area contributed by atoms with E-state index in [2.05, 4.69) is 5.32 Å².